The van der Waals surface area contributed by atoms with E-state index < -0.39 is 0 Å². The van der Waals surface area contributed by atoms with E-state index in [9.17, 15) is 9.59 Å². The molecule has 0 saturated carbocycles. The molecule has 6 nitrogen and oxygen atoms in total. The highest BCUT2D eigenvalue weighted by Gasteiger charge is 2.18. The van der Waals surface area contributed by atoms with Crippen LogP contribution in [0.5, 0.6) is 11.5 Å². The quantitative estimate of drug-likeness (QED) is 0.770. The SMILES string of the molecule is CC(=O)OCc1cc2c(cc1COC(C)=O)OCO2. The maximum absolute atomic E-state index is 10.9. The summed E-state index contributed by atoms with van der Waals surface area (Å²) in [7, 11) is 0. The Morgan fingerprint density at radius 3 is 1.79 bits per heavy atom. The van der Waals surface area contributed by atoms with E-state index in [4.69, 9.17) is 18.9 Å². The molecule has 0 aromatic heterocycles. The number of esters is 2. The van der Waals surface area contributed by atoms with Gasteiger partial charge in [-0.15, -0.1) is 0 Å². The fourth-order valence-corrected chi connectivity index (χ4v) is 1.65. The Labute approximate surface area is 110 Å². The minimum atomic E-state index is -0.379. The van der Waals surface area contributed by atoms with Crippen molar-refractivity contribution in [2.75, 3.05) is 6.79 Å². The molecule has 0 saturated heterocycles. The summed E-state index contributed by atoms with van der Waals surface area (Å²) in [6.07, 6.45) is 0. The summed E-state index contributed by atoms with van der Waals surface area (Å²) in [5.41, 5.74) is 1.45. The van der Waals surface area contributed by atoms with Crippen molar-refractivity contribution in [2.45, 2.75) is 27.1 Å². The number of benzene rings is 1. The van der Waals surface area contributed by atoms with Crippen LogP contribution >= 0.6 is 0 Å². The lowest BCUT2D eigenvalue weighted by Crippen LogP contribution is -2.05. The molecule has 0 bridgehead atoms. The Morgan fingerprint density at radius 1 is 1.00 bits per heavy atom. The third-order valence-electron chi connectivity index (χ3n) is 2.56. The lowest BCUT2D eigenvalue weighted by Gasteiger charge is -2.11. The van der Waals surface area contributed by atoms with Gasteiger partial charge in [0, 0.05) is 13.8 Å². The first-order valence-corrected chi connectivity index (χ1v) is 5.74. The van der Waals surface area contributed by atoms with E-state index >= 15 is 0 Å². The predicted octanol–water partition coefficient (Wildman–Crippen LogP) is 1.54. The van der Waals surface area contributed by atoms with Crippen molar-refractivity contribution in [1.82, 2.24) is 0 Å². The van der Waals surface area contributed by atoms with Gasteiger partial charge in [0.15, 0.2) is 11.5 Å². The number of fused-ring (bicyclic) bond motifs is 1. The van der Waals surface area contributed by atoms with Crippen LogP contribution < -0.4 is 9.47 Å². The fraction of sp³-hybridized carbons (Fsp3) is 0.385. The normalized spacial score (nSPS) is 12.1. The van der Waals surface area contributed by atoms with Gasteiger partial charge in [0.25, 0.3) is 0 Å². The zero-order valence-electron chi connectivity index (χ0n) is 10.7. The lowest BCUT2D eigenvalue weighted by molar-refractivity contribution is -0.143. The molecule has 6 heteroatoms. The minimum absolute atomic E-state index is 0.0998. The second kappa shape index (κ2) is 5.60. The molecule has 1 aromatic rings. The summed E-state index contributed by atoms with van der Waals surface area (Å²) in [4.78, 5) is 21.7. The Morgan fingerprint density at radius 2 is 1.42 bits per heavy atom. The topological polar surface area (TPSA) is 71.1 Å². The van der Waals surface area contributed by atoms with E-state index in [2.05, 4.69) is 0 Å². The molecule has 1 aliphatic heterocycles. The summed E-state index contributed by atoms with van der Waals surface area (Å²) in [5, 5.41) is 0. The summed E-state index contributed by atoms with van der Waals surface area (Å²) in [5.74, 6) is 0.426. The summed E-state index contributed by atoms with van der Waals surface area (Å²) >= 11 is 0. The molecule has 0 radical (unpaired) electrons. The van der Waals surface area contributed by atoms with Crippen LogP contribution in [0.1, 0.15) is 25.0 Å². The highest BCUT2D eigenvalue weighted by atomic mass is 16.7. The van der Waals surface area contributed by atoms with Crippen molar-refractivity contribution >= 4 is 11.9 Å². The van der Waals surface area contributed by atoms with E-state index in [1.165, 1.54) is 13.8 Å². The number of hydrogen-bond donors (Lipinski definition) is 0. The Kier molecular flexibility index (Phi) is 3.89. The molecule has 0 atom stereocenters. The van der Waals surface area contributed by atoms with Gasteiger partial charge in [-0.05, 0) is 23.3 Å². The van der Waals surface area contributed by atoms with Gasteiger partial charge >= 0.3 is 11.9 Å². The van der Waals surface area contributed by atoms with Crippen molar-refractivity contribution in [1.29, 1.82) is 0 Å². The molecular formula is C13H14O6. The van der Waals surface area contributed by atoms with Crippen LogP contribution in [0.15, 0.2) is 12.1 Å². The molecule has 1 aromatic carbocycles. The molecule has 0 fully saturated rings. The van der Waals surface area contributed by atoms with Crippen LogP contribution in [0.25, 0.3) is 0 Å². The van der Waals surface area contributed by atoms with Crippen molar-refractivity contribution in [3.63, 3.8) is 0 Å². The van der Waals surface area contributed by atoms with Gasteiger partial charge in [0.05, 0.1) is 0 Å². The van der Waals surface area contributed by atoms with Gasteiger partial charge < -0.3 is 18.9 Å². The molecule has 0 amide bonds. The second-order valence-corrected chi connectivity index (χ2v) is 4.03. The van der Waals surface area contributed by atoms with Crippen molar-refractivity contribution in [2.24, 2.45) is 0 Å². The van der Waals surface area contributed by atoms with Gasteiger partial charge in [0.2, 0.25) is 6.79 Å². The van der Waals surface area contributed by atoms with E-state index in [1.807, 2.05) is 0 Å². The number of rotatable bonds is 4. The van der Waals surface area contributed by atoms with Crippen LogP contribution in [0.4, 0.5) is 0 Å². The highest BCUT2D eigenvalue weighted by Crippen LogP contribution is 2.35. The van der Waals surface area contributed by atoms with E-state index in [1.54, 1.807) is 12.1 Å². The number of hydrogen-bond acceptors (Lipinski definition) is 6. The third kappa shape index (κ3) is 3.37. The zero-order valence-corrected chi connectivity index (χ0v) is 10.7. The first kappa shape index (κ1) is 13.2. The van der Waals surface area contributed by atoms with Crippen LogP contribution in [-0.2, 0) is 32.3 Å². The molecule has 1 aliphatic rings. The Hall–Kier alpha value is -2.24. The van der Waals surface area contributed by atoms with Gasteiger partial charge in [-0.2, -0.15) is 0 Å². The summed E-state index contributed by atoms with van der Waals surface area (Å²) in [6, 6.07) is 3.45. The number of carbonyl (C=O) groups excluding carboxylic acids is 2. The summed E-state index contributed by atoms with van der Waals surface area (Å²) < 4.78 is 20.4. The maximum Gasteiger partial charge on any atom is 0.302 e. The Bertz CT molecular complexity index is 463. The predicted molar refractivity (Wildman–Crippen MR) is 63.5 cm³/mol. The molecule has 0 N–H and O–H groups in total. The minimum Gasteiger partial charge on any atom is -0.461 e. The molecular weight excluding hydrogens is 252 g/mol. The van der Waals surface area contributed by atoms with E-state index in [-0.39, 0.29) is 31.9 Å². The van der Waals surface area contributed by atoms with Crippen LogP contribution in [0, 0.1) is 0 Å². The molecule has 102 valence electrons. The van der Waals surface area contributed by atoms with Crippen molar-refractivity contribution in [3.8, 4) is 11.5 Å². The van der Waals surface area contributed by atoms with E-state index in [0.29, 0.717) is 11.5 Å². The zero-order chi connectivity index (χ0) is 13.8. The van der Waals surface area contributed by atoms with Gasteiger partial charge in [-0.25, -0.2) is 0 Å². The standard InChI is InChI=1S/C13H14O6/c1-8(14)16-5-10-3-12-13(19-7-18-12)4-11(10)6-17-9(2)15/h3-4H,5-7H2,1-2H3. The lowest BCUT2D eigenvalue weighted by atomic mass is 10.1. The summed E-state index contributed by atoms with van der Waals surface area (Å²) in [6.45, 7) is 3.02. The van der Waals surface area contributed by atoms with Gasteiger partial charge in [-0.1, -0.05) is 0 Å². The maximum atomic E-state index is 10.9. The van der Waals surface area contributed by atoms with Crippen molar-refractivity contribution in [3.05, 3.63) is 23.3 Å². The molecule has 2 rings (SSSR count). The fourth-order valence-electron chi connectivity index (χ4n) is 1.65. The van der Waals surface area contributed by atoms with E-state index in [0.717, 1.165) is 11.1 Å². The van der Waals surface area contributed by atoms with Crippen molar-refractivity contribution < 1.29 is 28.5 Å². The van der Waals surface area contributed by atoms with Gasteiger partial charge in [0.1, 0.15) is 13.2 Å². The Balaban J connectivity index is 2.21. The average molecular weight is 266 g/mol. The first-order valence-electron chi connectivity index (χ1n) is 5.74. The smallest absolute Gasteiger partial charge is 0.302 e. The average Bonchev–Trinajstić information content (AvgIpc) is 2.79. The van der Waals surface area contributed by atoms with Crippen LogP contribution in [-0.4, -0.2) is 18.7 Å². The van der Waals surface area contributed by atoms with Gasteiger partial charge in [-0.3, -0.25) is 9.59 Å². The third-order valence-corrected chi connectivity index (χ3v) is 2.56. The van der Waals surface area contributed by atoms with Crippen LogP contribution in [0.3, 0.4) is 0 Å². The molecule has 19 heavy (non-hydrogen) atoms. The number of carbonyl (C=O) groups is 2. The monoisotopic (exact) mass is 266 g/mol. The highest BCUT2D eigenvalue weighted by molar-refractivity contribution is 5.66. The first-order chi connectivity index (χ1) is 9.06. The molecule has 0 unspecified atom stereocenters. The molecule has 0 spiro atoms. The number of ether oxygens (including phenoxy) is 4. The second-order valence-electron chi connectivity index (χ2n) is 4.03. The molecule has 0 aliphatic carbocycles. The largest absolute Gasteiger partial charge is 0.461 e. The van der Waals surface area contributed by atoms with Crippen LogP contribution in [0.2, 0.25) is 0 Å². The molecule has 1 heterocycles.